The van der Waals surface area contributed by atoms with Gasteiger partial charge in [0, 0.05) is 10.8 Å². The number of rotatable bonds is 3. The zero-order chi connectivity index (χ0) is 33.3. The van der Waals surface area contributed by atoms with E-state index in [1.165, 1.54) is 5.57 Å². The highest BCUT2D eigenvalue weighted by Crippen LogP contribution is 2.75. The molecule has 1 aliphatic heterocycles. The summed E-state index contributed by atoms with van der Waals surface area (Å²) in [6, 6.07) is 0. The van der Waals surface area contributed by atoms with Crippen molar-refractivity contribution in [2.45, 2.75) is 150 Å². The van der Waals surface area contributed by atoms with Crippen molar-refractivity contribution in [2.24, 2.45) is 50.2 Å². The Bertz CT molecular complexity index is 1270. The van der Waals surface area contributed by atoms with E-state index in [-0.39, 0.29) is 45.9 Å². The van der Waals surface area contributed by atoms with Gasteiger partial charge in [0.05, 0.1) is 6.10 Å². The Morgan fingerprint density at radius 2 is 1.53 bits per heavy atom. The third-order valence-electron chi connectivity index (χ3n) is 15.0. The van der Waals surface area contributed by atoms with Gasteiger partial charge in [-0.25, -0.2) is 4.79 Å². The molecule has 45 heavy (non-hydrogen) atoms. The Morgan fingerprint density at radius 1 is 0.867 bits per heavy atom. The van der Waals surface area contributed by atoms with Gasteiger partial charge in [0.2, 0.25) is 0 Å². The highest BCUT2D eigenvalue weighted by Gasteiger charge is 2.72. The van der Waals surface area contributed by atoms with E-state index in [2.05, 4.69) is 61.5 Å². The fraction of sp³-hybridized carbons (Fsp3) is 0.889. The summed E-state index contributed by atoms with van der Waals surface area (Å²) in [5.41, 5.74) is -0.541. The van der Waals surface area contributed by atoms with Gasteiger partial charge in [-0.1, -0.05) is 67.0 Å². The van der Waals surface area contributed by atoms with Gasteiger partial charge < -0.3 is 35.0 Å². The summed E-state index contributed by atoms with van der Waals surface area (Å²) < 4.78 is 11.9. The number of carbonyl (C=O) groups excluding carboxylic acids is 1. The molecule has 5 aliphatic carbocycles. The number of fused-ring (bicyclic) bond motifs is 7. The van der Waals surface area contributed by atoms with E-state index in [1.54, 1.807) is 0 Å². The van der Waals surface area contributed by atoms with Crippen molar-refractivity contribution < 1.29 is 44.6 Å². The lowest BCUT2D eigenvalue weighted by molar-refractivity contribution is -0.324. The quantitative estimate of drug-likeness (QED) is 0.227. The van der Waals surface area contributed by atoms with Crippen molar-refractivity contribution in [3.05, 3.63) is 11.6 Å². The van der Waals surface area contributed by atoms with Gasteiger partial charge in [-0.15, -0.1) is 0 Å². The fourth-order valence-corrected chi connectivity index (χ4v) is 12.0. The number of Topliss-reactive ketones (excluding diaryl/α,β-unsaturated/α-hetero) is 1. The second kappa shape index (κ2) is 10.3. The average Bonchev–Trinajstić information content (AvgIpc) is 2.95. The minimum absolute atomic E-state index is 0.0206. The van der Waals surface area contributed by atoms with Gasteiger partial charge in [-0.3, -0.25) is 4.79 Å². The third-order valence-corrected chi connectivity index (χ3v) is 15.0. The molecule has 14 atom stereocenters. The monoisotopic (exact) mass is 632 g/mol. The van der Waals surface area contributed by atoms with Crippen LogP contribution in [-0.4, -0.2) is 80.2 Å². The maximum Gasteiger partial charge on any atom is 0.335 e. The first-order chi connectivity index (χ1) is 20.7. The number of carboxylic acids is 1. The Morgan fingerprint density at radius 3 is 2.18 bits per heavy atom. The number of hydrogen-bond donors (Lipinski definition) is 5. The maximum atomic E-state index is 14.2. The predicted molar refractivity (Wildman–Crippen MR) is 166 cm³/mol. The summed E-state index contributed by atoms with van der Waals surface area (Å²) in [6.07, 6.45) is -0.303. The molecule has 0 radical (unpaired) electrons. The Hall–Kier alpha value is -1.36. The molecule has 0 aromatic carbocycles. The maximum absolute atomic E-state index is 14.2. The number of carboxylic acid groups (broad SMARTS) is 1. The predicted octanol–water partition coefficient (Wildman–Crippen LogP) is 4.24. The molecule has 9 heteroatoms. The molecule has 1 saturated heterocycles. The van der Waals surface area contributed by atoms with Crippen molar-refractivity contribution in [1.29, 1.82) is 0 Å². The van der Waals surface area contributed by atoms with E-state index < -0.39 is 59.0 Å². The highest BCUT2D eigenvalue weighted by atomic mass is 16.7. The summed E-state index contributed by atoms with van der Waals surface area (Å²) in [6.45, 7) is 17.9. The number of allylic oxidation sites excluding steroid dienone is 1. The van der Waals surface area contributed by atoms with Gasteiger partial charge in [-0.05, 0) is 90.8 Å². The van der Waals surface area contributed by atoms with Crippen molar-refractivity contribution >= 4 is 11.8 Å². The summed E-state index contributed by atoms with van der Waals surface area (Å²) >= 11 is 0. The fourth-order valence-electron chi connectivity index (χ4n) is 12.0. The Balaban J connectivity index is 1.31. The van der Waals surface area contributed by atoms with Gasteiger partial charge >= 0.3 is 5.97 Å². The van der Waals surface area contributed by atoms with E-state index in [0.717, 1.165) is 44.9 Å². The average molecular weight is 633 g/mol. The molecule has 0 amide bonds. The number of carbonyl (C=O) groups is 2. The number of ether oxygens (including phenoxy) is 2. The summed E-state index contributed by atoms with van der Waals surface area (Å²) in [5.74, 6) is -0.834. The molecule has 9 nitrogen and oxygen atoms in total. The summed E-state index contributed by atoms with van der Waals surface area (Å²) in [4.78, 5) is 25.9. The van der Waals surface area contributed by atoms with Crippen LogP contribution in [-0.2, 0) is 19.1 Å². The van der Waals surface area contributed by atoms with E-state index in [4.69, 9.17) is 9.47 Å². The second-order valence-electron chi connectivity index (χ2n) is 18.0. The van der Waals surface area contributed by atoms with Gasteiger partial charge in [0.25, 0.3) is 0 Å². The Kier molecular flexibility index (Phi) is 7.69. The summed E-state index contributed by atoms with van der Waals surface area (Å²) in [7, 11) is 0. The van der Waals surface area contributed by atoms with Gasteiger partial charge in [0.1, 0.15) is 24.4 Å². The molecule has 6 aliphatic rings. The van der Waals surface area contributed by atoms with Crippen LogP contribution in [0, 0.1) is 50.2 Å². The van der Waals surface area contributed by atoms with E-state index in [1.807, 2.05) is 0 Å². The first-order valence-corrected chi connectivity index (χ1v) is 17.2. The molecular formula is C36H56O9. The third kappa shape index (κ3) is 4.39. The van der Waals surface area contributed by atoms with Crippen molar-refractivity contribution in [3.8, 4) is 0 Å². The molecule has 1 heterocycles. The van der Waals surface area contributed by atoms with Crippen LogP contribution in [0.4, 0.5) is 0 Å². The molecule has 6 rings (SSSR count). The van der Waals surface area contributed by atoms with Crippen LogP contribution in [0.1, 0.15) is 107 Å². The first kappa shape index (κ1) is 33.5. The van der Waals surface area contributed by atoms with Gasteiger partial charge in [-0.2, -0.15) is 0 Å². The normalized spacial score (nSPS) is 53.7. The van der Waals surface area contributed by atoms with E-state index in [0.29, 0.717) is 6.42 Å². The lowest BCUT2D eigenvalue weighted by Gasteiger charge is -2.71. The molecule has 4 saturated carbocycles. The first-order valence-electron chi connectivity index (χ1n) is 17.2. The van der Waals surface area contributed by atoms with Crippen molar-refractivity contribution in [3.63, 3.8) is 0 Å². The van der Waals surface area contributed by atoms with Crippen LogP contribution < -0.4 is 0 Å². The van der Waals surface area contributed by atoms with Crippen molar-refractivity contribution in [2.75, 3.05) is 0 Å². The molecule has 254 valence electrons. The molecule has 5 N–H and O–H groups in total. The lowest BCUT2D eigenvalue weighted by atomic mass is 9.33. The van der Waals surface area contributed by atoms with Crippen LogP contribution in [0.3, 0.4) is 0 Å². The topological polar surface area (TPSA) is 154 Å². The van der Waals surface area contributed by atoms with Crippen LogP contribution in [0.15, 0.2) is 11.6 Å². The molecule has 14 unspecified atom stereocenters. The molecular weight excluding hydrogens is 576 g/mol. The largest absolute Gasteiger partial charge is 0.479 e. The molecule has 0 aromatic heterocycles. The summed E-state index contributed by atoms with van der Waals surface area (Å²) in [5, 5.41) is 52.8. The highest BCUT2D eigenvalue weighted by molar-refractivity contribution is 5.92. The van der Waals surface area contributed by atoms with Crippen LogP contribution in [0.25, 0.3) is 0 Å². The molecule has 0 aromatic rings. The number of aliphatic carboxylic acids is 1. The minimum Gasteiger partial charge on any atom is -0.479 e. The van der Waals surface area contributed by atoms with E-state index >= 15 is 0 Å². The minimum atomic E-state index is -1.76. The Labute approximate surface area is 267 Å². The van der Waals surface area contributed by atoms with Crippen LogP contribution >= 0.6 is 0 Å². The standard InChI is InChI=1S/C36H56O9/c1-31(2)15-16-33(5)19(17-31)18-9-10-21-34(6)13-12-22(44-30-25(39)23(37)24(38)26(45-30)29(42)43)32(3,4)20(34)11-14-35(21,7)36(18,8)28(41)27(33)40/h9,19-26,28,30,37-39,41H,10-17H2,1-8H3,(H,42,43). The second-order valence-corrected chi connectivity index (χ2v) is 18.0. The number of ketones is 1. The van der Waals surface area contributed by atoms with Crippen molar-refractivity contribution in [1.82, 2.24) is 0 Å². The molecule has 5 fully saturated rings. The lowest BCUT2D eigenvalue weighted by Crippen LogP contribution is -2.70. The van der Waals surface area contributed by atoms with Crippen LogP contribution in [0.2, 0.25) is 0 Å². The molecule has 0 spiro atoms. The van der Waals surface area contributed by atoms with Gasteiger partial charge in [0.15, 0.2) is 18.2 Å². The van der Waals surface area contributed by atoms with E-state index in [9.17, 15) is 35.1 Å². The SMILES string of the molecule is CC1(C)CCC2(C)C(=O)C(O)C3(C)C(=CCC4C5(C)CCC(OC6OC(C(=O)O)C(O)C(O)C6O)C(C)(C)C5CCC43C)C2C1. The molecule has 0 bridgehead atoms. The number of hydrogen-bond acceptors (Lipinski definition) is 8. The van der Waals surface area contributed by atoms with Crippen LogP contribution in [0.5, 0.6) is 0 Å². The number of aliphatic hydroxyl groups excluding tert-OH is 4. The smallest absolute Gasteiger partial charge is 0.335 e. The number of aliphatic hydroxyl groups is 4. The zero-order valence-corrected chi connectivity index (χ0v) is 28.4. The zero-order valence-electron chi connectivity index (χ0n) is 28.4.